The fourth-order valence-corrected chi connectivity index (χ4v) is 1.36. The number of hydrogen-bond donors (Lipinski definition) is 3. The molecule has 0 aliphatic rings. The highest BCUT2D eigenvalue weighted by Crippen LogP contribution is 2.18. The number of rotatable bonds is 3. The van der Waals surface area contributed by atoms with Crippen LogP contribution in [0.15, 0.2) is 17.1 Å². The molecule has 0 fully saturated rings. The normalized spacial score (nSPS) is 15.1. The number of aryl methyl sites for hydroxylation is 1. The van der Waals surface area contributed by atoms with Crippen molar-refractivity contribution in [3.63, 3.8) is 0 Å². The molecule has 0 spiro atoms. The average Bonchev–Trinajstić information content (AvgIpc) is 2.15. The van der Waals surface area contributed by atoms with Gasteiger partial charge in [0, 0.05) is 23.9 Å². The van der Waals surface area contributed by atoms with Gasteiger partial charge in [0.05, 0.1) is 6.10 Å². The lowest BCUT2D eigenvalue weighted by Gasteiger charge is -2.18. The van der Waals surface area contributed by atoms with Crippen LogP contribution in [0.3, 0.4) is 0 Å². The van der Waals surface area contributed by atoms with Crippen molar-refractivity contribution in [1.82, 2.24) is 4.98 Å². The van der Waals surface area contributed by atoms with Crippen LogP contribution in [0.5, 0.6) is 0 Å². The van der Waals surface area contributed by atoms with E-state index in [1.807, 2.05) is 6.92 Å². The van der Waals surface area contributed by atoms with Crippen molar-refractivity contribution < 1.29 is 5.11 Å². The third-order valence-corrected chi connectivity index (χ3v) is 2.37. The number of nitrogens with two attached hydrogens (primary N) is 1. The van der Waals surface area contributed by atoms with Crippen LogP contribution in [-0.2, 0) is 0 Å². The van der Waals surface area contributed by atoms with E-state index in [1.165, 1.54) is 12.3 Å². The largest absolute Gasteiger partial charge is 0.387 e. The Hall–Kier alpha value is -1.13. The third-order valence-electron chi connectivity index (χ3n) is 2.37. The van der Waals surface area contributed by atoms with Gasteiger partial charge < -0.3 is 15.8 Å². The van der Waals surface area contributed by atoms with Gasteiger partial charge in [-0.2, -0.15) is 0 Å². The molecule has 2 atom stereocenters. The molecule has 14 heavy (non-hydrogen) atoms. The van der Waals surface area contributed by atoms with Gasteiger partial charge in [-0.3, -0.25) is 4.79 Å². The molecule has 0 unspecified atom stereocenters. The molecule has 1 aromatic heterocycles. The summed E-state index contributed by atoms with van der Waals surface area (Å²) in [6.07, 6.45) is 1.51. The Morgan fingerprint density at radius 1 is 1.64 bits per heavy atom. The topological polar surface area (TPSA) is 79.1 Å². The van der Waals surface area contributed by atoms with Crippen molar-refractivity contribution in [1.29, 1.82) is 0 Å². The summed E-state index contributed by atoms with van der Waals surface area (Å²) >= 11 is 0. The monoisotopic (exact) mass is 196 g/mol. The Balaban J connectivity index is 3.01. The molecule has 0 radical (unpaired) electrons. The van der Waals surface area contributed by atoms with Gasteiger partial charge in [0.1, 0.15) is 0 Å². The first-order valence-corrected chi connectivity index (χ1v) is 4.69. The summed E-state index contributed by atoms with van der Waals surface area (Å²) < 4.78 is 0. The number of nitrogens with one attached hydrogen (secondary N) is 1. The smallest absolute Gasteiger partial charge is 0.248 e. The van der Waals surface area contributed by atoms with Crippen molar-refractivity contribution in [2.45, 2.75) is 32.4 Å². The molecule has 0 saturated carbocycles. The quantitative estimate of drug-likeness (QED) is 0.657. The number of hydrogen-bond acceptors (Lipinski definition) is 3. The van der Waals surface area contributed by atoms with Crippen LogP contribution in [0.2, 0.25) is 0 Å². The fourth-order valence-electron chi connectivity index (χ4n) is 1.36. The lowest BCUT2D eigenvalue weighted by atomic mass is 9.99. The van der Waals surface area contributed by atoms with E-state index in [4.69, 9.17) is 5.73 Å². The lowest BCUT2D eigenvalue weighted by Crippen LogP contribution is -2.28. The highest BCUT2D eigenvalue weighted by molar-refractivity contribution is 5.24. The predicted octanol–water partition coefficient (Wildman–Crippen LogP) is 0.454. The number of aromatic nitrogens is 1. The van der Waals surface area contributed by atoms with Gasteiger partial charge in [0.25, 0.3) is 0 Å². The number of pyridine rings is 1. The number of aliphatic hydroxyl groups excluding tert-OH is 1. The highest BCUT2D eigenvalue weighted by atomic mass is 16.3. The Bertz CT molecular complexity index is 359. The Morgan fingerprint density at radius 3 is 2.79 bits per heavy atom. The first-order chi connectivity index (χ1) is 6.56. The minimum atomic E-state index is -0.711. The van der Waals surface area contributed by atoms with Crippen LogP contribution < -0.4 is 11.3 Å². The summed E-state index contributed by atoms with van der Waals surface area (Å²) in [6, 6.07) is 1.17. The third kappa shape index (κ3) is 2.21. The summed E-state index contributed by atoms with van der Waals surface area (Å²) in [5.74, 6) is 0. The molecule has 0 aliphatic carbocycles. The zero-order chi connectivity index (χ0) is 10.7. The first-order valence-electron chi connectivity index (χ1n) is 4.69. The Kier molecular flexibility index (Phi) is 3.43. The van der Waals surface area contributed by atoms with Crippen LogP contribution in [0.1, 0.15) is 30.6 Å². The second-order valence-corrected chi connectivity index (χ2v) is 3.45. The fraction of sp³-hybridized carbons (Fsp3) is 0.500. The molecular formula is C10H16N2O2. The van der Waals surface area contributed by atoms with Crippen molar-refractivity contribution in [2.24, 2.45) is 5.73 Å². The van der Waals surface area contributed by atoms with Crippen LogP contribution in [0.25, 0.3) is 0 Å². The van der Waals surface area contributed by atoms with Gasteiger partial charge in [0.2, 0.25) is 5.56 Å². The maximum atomic E-state index is 10.9. The molecule has 4 nitrogen and oxygen atoms in total. The number of H-pyrrole nitrogens is 1. The average molecular weight is 196 g/mol. The van der Waals surface area contributed by atoms with E-state index in [-0.39, 0.29) is 11.6 Å². The van der Waals surface area contributed by atoms with E-state index in [2.05, 4.69) is 4.98 Å². The van der Waals surface area contributed by atoms with Gasteiger partial charge in [-0.1, -0.05) is 6.92 Å². The van der Waals surface area contributed by atoms with Gasteiger partial charge in [-0.15, -0.1) is 0 Å². The predicted molar refractivity (Wildman–Crippen MR) is 55.0 cm³/mol. The molecular weight excluding hydrogens is 180 g/mol. The van der Waals surface area contributed by atoms with E-state index in [9.17, 15) is 9.90 Å². The SMILES string of the molecule is CC[C@@H](N)[C@@H](O)c1c[nH]c(=O)cc1C. The summed E-state index contributed by atoms with van der Waals surface area (Å²) in [6.45, 7) is 3.70. The molecule has 1 rings (SSSR count). The Labute approximate surface area is 82.8 Å². The molecule has 0 bridgehead atoms. The summed E-state index contributed by atoms with van der Waals surface area (Å²) in [5.41, 5.74) is 7.01. The molecule has 0 amide bonds. The van der Waals surface area contributed by atoms with Crippen molar-refractivity contribution in [3.05, 3.63) is 33.7 Å². The van der Waals surface area contributed by atoms with E-state index in [1.54, 1.807) is 6.92 Å². The zero-order valence-corrected chi connectivity index (χ0v) is 8.45. The molecule has 0 aromatic carbocycles. The van der Waals surface area contributed by atoms with Crippen molar-refractivity contribution in [3.8, 4) is 0 Å². The molecule has 78 valence electrons. The van der Waals surface area contributed by atoms with E-state index in [0.29, 0.717) is 12.0 Å². The maximum absolute atomic E-state index is 10.9. The van der Waals surface area contributed by atoms with Crippen molar-refractivity contribution in [2.75, 3.05) is 0 Å². The van der Waals surface area contributed by atoms with Crippen LogP contribution >= 0.6 is 0 Å². The molecule has 0 saturated heterocycles. The first kappa shape index (κ1) is 10.9. The summed E-state index contributed by atoms with van der Waals surface area (Å²) in [7, 11) is 0. The number of aromatic amines is 1. The summed E-state index contributed by atoms with van der Waals surface area (Å²) in [4.78, 5) is 13.5. The van der Waals surface area contributed by atoms with Crippen molar-refractivity contribution >= 4 is 0 Å². The van der Waals surface area contributed by atoms with Crippen LogP contribution in [-0.4, -0.2) is 16.1 Å². The maximum Gasteiger partial charge on any atom is 0.248 e. The standard InChI is InChI=1S/C10H16N2O2/c1-3-8(11)10(14)7-5-12-9(13)4-6(7)2/h4-5,8,10,14H,3,11H2,1-2H3,(H,12,13)/t8-,10+/m1/s1. The van der Waals surface area contributed by atoms with Gasteiger partial charge in [-0.05, 0) is 18.9 Å². The zero-order valence-electron chi connectivity index (χ0n) is 8.45. The Morgan fingerprint density at radius 2 is 2.29 bits per heavy atom. The summed E-state index contributed by atoms with van der Waals surface area (Å²) in [5, 5.41) is 9.81. The van der Waals surface area contributed by atoms with E-state index >= 15 is 0 Å². The van der Waals surface area contributed by atoms with Gasteiger partial charge in [-0.25, -0.2) is 0 Å². The minimum absolute atomic E-state index is 0.163. The minimum Gasteiger partial charge on any atom is -0.387 e. The van der Waals surface area contributed by atoms with Gasteiger partial charge in [0.15, 0.2) is 0 Å². The van der Waals surface area contributed by atoms with Crippen LogP contribution in [0.4, 0.5) is 0 Å². The highest BCUT2D eigenvalue weighted by Gasteiger charge is 2.16. The molecule has 4 heteroatoms. The van der Waals surface area contributed by atoms with Gasteiger partial charge >= 0.3 is 0 Å². The molecule has 1 heterocycles. The van der Waals surface area contributed by atoms with E-state index in [0.717, 1.165) is 5.56 Å². The molecule has 4 N–H and O–H groups in total. The number of aliphatic hydroxyl groups is 1. The molecule has 1 aromatic rings. The van der Waals surface area contributed by atoms with Crippen LogP contribution in [0, 0.1) is 6.92 Å². The molecule has 0 aliphatic heterocycles. The second-order valence-electron chi connectivity index (χ2n) is 3.45. The second kappa shape index (κ2) is 4.39. The van der Waals surface area contributed by atoms with E-state index < -0.39 is 6.10 Å². The lowest BCUT2D eigenvalue weighted by molar-refractivity contribution is 0.143.